The number of rotatable bonds is 6. The summed E-state index contributed by atoms with van der Waals surface area (Å²) < 4.78 is 102. The fourth-order valence-electron chi connectivity index (χ4n) is 22.8. The van der Waals surface area contributed by atoms with Gasteiger partial charge >= 0.3 is 148 Å². The maximum atomic E-state index is 13.1. The Morgan fingerprint density at radius 1 is 0.272 bits per heavy atom. The molecule has 0 fully saturated rings. The number of sulfone groups is 1. The van der Waals surface area contributed by atoms with Crippen molar-refractivity contribution in [2.24, 2.45) is 0 Å². The van der Waals surface area contributed by atoms with Gasteiger partial charge in [0.15, 0.2) is 11.5 Å². The minimum atomic E-state index is -3.58. The third-order valence-corrected chi connectivity index (χ3v) is 35.8. The standard InChI is InChI=1S/C22H21NO.C21H19NO3S.C21H19NOSe.C20H17NO3S.C20H17NO3.C20H17NO2S/c1-15-13-18-14-17-8-3-5-11-20(17)23(22(18)24-15)21-12-6-9-16-7-2-4-10-19(16)21;1-14-13-20-21(25-14)22(18-10-4-5-12-19(18)26(20,23)24)17-11-6-8-15-7-2-3-9-16(15)17;1-14-13-20-21(23-14)22(18-10-4-5-12-19(18)24-20)17-11-6-8-15-7-2-3-9-16(15)17;1-13-12-18-20(24-13)21(15-8-2-3-10-17(15)25(18)22)16-9-4-6-14-7-5-11-23-19(14)16;2*1-13-12-18-20(23-13)21(15-8-2-3-10-17(15)24-18)16-9-4-6-14-7-5-11-22-19(14)16/h3,5-6,8-9,11-13H,2,4,7,10,14H2,1H3;4-6,8,10-13H,2-3,7,9H2,1H3;4-6,8,10-13H,2-3,7,9H2,1H3;2-4,6,8-10,12H,5,7,11H2,1H3;2*2-4,6,8-10,12H,5,7,11H2,1H3. The van der Waals surface area contributed by atoms with Crippen molar-refractivity contribution in [3.63, 3.8) is 0 Å². The van der Waals surface area contributed by atoms with E-state index in [-0.39, 0.29) is 4.90 Å². The summed E-state index contributed by atoms with van der Waals surface area (Å²) in [7, 11) is -4.82. The number of hydrogen-bond donors (Lipinski definition) is 0. The molecule has 0 N–H and O–H groups in total. The maximum absolute atomic E-state index is 13.1. The van der Waals surface area contributed by atoms with Gasteiger partial charge in [-0.15, -0.1) is 0 Å². The number of ether oxygens (including phenoxy) is 4. The van der Waals surface area contributed by atoms with Gasteiger partial charge in [0.1, 0.15) is 55.8 Å². The summed E-state index contributed by atoms with van der Waals surface area (Å²) in [5.41, 5.74) is 27.9. The number of aryl methyl sites for hydroxylation is 12. The van der Waals surface area contributed by atoms with Gasteiger partial charge < -0.3 is 41.0 Å². The molecule has 30 rings (SSSR count). The molecule has 0 amide bonds. The van der Waals surface area contributed by atoms with Crippen molar-refractivity contribution in [1.29, 1.82) is 0 Å². The minimum Gasteiger partial charge on any atom is -0.491 e. The van der Waals surface area contributed by atoms with Crippen LogP contribution in [0.3, 0.4) is 0 Å². The molecule has 12 aliphatic rings. The first-order chi connectivity index (χ1) is 72.0. The van der Waals surface area contributed by atoms with E-state index in [9.17, 15) is 12.6 Å². The largest absolute Gasteiger partial charge is 0.491 e. The molecule has 6 aromatic heterocycles. The predicted octanol–water partition coefficient (Wildman–Crippen LogP) is 31.0. The molecule has 0 saturated carbocycles. The monoisotopic (exact) mass is 2070 g/mol. The smallest absolute Gasteiger partial charge is 0.248 e. The van der Waals surface area contributed by atoms with Crippen LogP contribution in [-0.2, 0) is 84.8 Å². The van der Waals surface area contributed by atoms with E-state index in [0.29, 0.717) is 53.8 Å². The second-order valence-electron chi connectivity index (χ2n) is 39.1. The molecule has 19 nitrogen and oxygen atoms in total. The summed E-state index contributed by atoms with van der Waals surface area (Å²) in [6, 6.07) is 99.6. The predicted molar refractivity (Wildman–Crippen MR) is 582 cm³/mol. The molecule has 12 aromatic carbocycles. The van der Waals surface area contributed by atoms with Crippen LogP contribution >= 0.6 is 11.8 Å². The Morgan fingerprint density at radius 3 is 1.31 bits per heavy atom. The number of anilines is 18. The molecule has 23 heteroatoms. The van der Waals surface area contributed by atoms with Crippen molar-refractivity contribution < 1.29 is 58.1 Å². The van der Waals surface area contributed by atoms with Crippen LogP contribution in [0.4, 0.5) is 104 Å². The summed E-state index contributed by atoms with van der Waals surface area (Å²) >= 11 is 2.08. The quantitative estimate of drug-likeness (QED) is 0.143. The van der Waals surface area contributed by atoms with E-state index in [0.717, 1.165) is 209 Å². The van der Waals surface area contributed by atoms with E-state index in [4.69, 9.17) is 45.5 Å². The third kappa shape index (κ3) is 17.2. The first-order valence-electron chi connectivity index (χ1n) is 51.3. The molecule has 3 aliphatic carbocycles. The van der Waals surface area contributed by atoms with Gasteiger partial charge in [0, 0.05) is 29.0 Å². The van der Waals surface area contributed by atoms with Gasteiger partial charge in [-0.25, -0.2) is 12.6 Å². The Bertz CT molecular complexity index is 7710. The normalized spacial score (nSPS) is 16.2. The number of nitrogens with zero attached hydrogens (tertiary/aromatic N) is 6. The Hall–Kier alpha value is -14.7. The fraction of sp³-hybridized carbons (Fsp3) is 0.226. The third-order valence-electron chi connectivity index (χ3n) is 29.2. The van der Waals surface area contributed by atoms with E-state index >= 15 is 0 Å². The Kier molecular flexibility index (Phi) is 24.9. The van der Waals surface area contributed by atoms with Gasteiger partial charge in [-0.3, -0.25) is 24.5 Å². The van der Waals surface area contributed by atoms with E-state index in [1.54, 1.807) is 36.9 Å². The van der Waals surface area contributed by atoms with Crippen LogP contribution in [0.25, 0.3) is 0 Å². The zero-order chi connectivity index (χ0) is 99.2. The average molecular weight is 2070 g/mol. The zero-order valence-corrected chi connectivity index (χ0v) is 87.1. The van der Waals surface area contributed by atoms with Crippen molar-refractivity contribution in [2.45, 2.75) is 193 Å². The summed E-state index contributed by atoms with van der Waals surface area (Å²) in [4.78, 5) is 17.5. The van der Waals surface area contributed by atoms with Gasteiger partial charge in [-0.1, -0.05) is 139 Å². The molecule has 0 bridgehead atoms. The van der Waals surface area contributed by atoms with Crippen LogP contribution in [0.2, 0.25) is 0 Å². The van der Waals surface area contributed by atoms with E-state index in [1.807, 2.05) is 122 Å². The molecule has 15 heterocycles. The molecule has 738 valence electrons. The molecule has 18 aromatic rings. The summed E-state index contributed by atoms with van der Waals surface area (Å²) in [5, 5.41) is 0. The van der Waals surface area contributed by atoms with E-state index < -0.39 is 20.6 Å². The van der Waals surface area contributed by atoms with Gasteiger partial charge in [0.2, 0.25) is 39.3 Å². The first-order valence-corrected chi connectivity index (χ1v) is 56.4. The van der Waals surface area contributed by atoms with Gasteiger partial charge in [0.25, 0.3) is 0 Å². The number of hydrogen-bond acceptors (Lipinski definition) is 20. The van der Waals surface area contributed by atoms with Crippen LogP contribution in [-0.4, -0.2) is 47.4 Å². The van der Waals surface area contributed by atoms with Gasteiger partial charge in [-0.2, -0.15) is 0 Å². The average Bonchev–Trinajstić information content (AvgIpc) is 1.63. The Balaban J connectivity index is 0.0000000918. The first kappa shape index (κ1) is 93.4. The van der Waals surface area contributed by atoms with E-state index in [2.05, 4.69) is 215 Å². The number of para-hydroxylation sites is 10. The second kappa shape index (κ2) is 39.2. The van der Waals surface area contributed by atoms with Crippen LogP contribution < -0.4 is 57.3 Å². The van der Waals surface area contributed by atoms with Crippen molar-refractivity contribution in [2.75, 3.05) is 49.2 Å². The van der Waals surface area contributed by atoms with Crippen LogP contribution in [0.15, 0.2) is 347 Å². The molecule has 0 saturated heterocycles. The van der Waals surface area contributed by atoms with Crippen molar-refractivity contribution in [1.82, 2.24) is 0 Å². The second-order valence-corrected chi connectivity index (χ2v) is 45.7. The molecule has 1 atom stereocenters. The number of furan rings is 6. The van der Waals surface area contributed by atoms with Crippen LogP contribution in [0.1, 0.15) is 154 Å². The molecule has 9 aliphatic heterocycles. The summed E-state index contributed by atoms with van der Waals surface area (Å²) in [6.45, 7) is 13.9. The number of fused-ring (bicyclic) bond motifs is 18. The molecule has 147 heavy (non-hydrogen) atoms. The summed E-state index contributed by atoms with van der Waals surface area (Å²) in [5.74, 6) is 14.1. The fourth-order valence-corrected chi connectivity index (χ4v) is 29.1. The number of benzene rings is 12. The maximum Gasteiger partial charge on any atom is 0.248 e. The SMILES string of the molecule is Cc1cc2c(o1)N(c1cccc3c1CCCC3)c1ccccc1C2.Cc1cc2c(o1)N(c1cccc3c1CCCC3)c1ccccc1S2(=O)=O.Cc1cc2c(o1)N(c1cccc3c1CCCC3)c1ccccc1[Se]2.Cc1cc2c(o1)N(c1cccc3c1OCCC3)c1ccccc1O2.Cc1cc2c(o1)N(c1cccc3c1OCCC3)c1ccccc1S2.Cc1cc2c(o1)N(c1cccc3c1OCCC3)c1ccccc1S2=O. The molecular formula is C124H110N6O13S3Se. The zero-order valence-electron chi connectivity index (χ0n) is 82.9. The van der Waals surface area contributed by atoms with E-state index in [1.165, 1.54) is 156 Å². The van der Waals surface area contributed by atoms with Crippen molar-refractivity contribution in [3.8, 4) is 28.7 Å². The van der Waals surface area contributed by atoms with Crippen molar-refractivity contribution >= 4 is 160 Å². The molecule has 0 radical (unpaired) electrons. The Morgan fingerprint density at radius 2 is 0.680 bits per heavy atom. The van der Waals surface area contributed by atoms with Crippen molar-refractivity contribution in [3.05, 3.63) is 387 Å². The van der Waals surface area contributed by atoms with Crippen LogP contribution in [0.5, 0.6) is 28.7 Å². The van der Waals surface area contributed by atoms with Gasteiger partial charge in [-0.05, 0) is 272 Å². The van der Waals surface area contributed by atoms with Gasteiger partial charge in [0.05, 0.1) is 102 Å². The molecule has 0 spiro atoms. The van der Waals surface area contributed by atoms with Crippen LogP contribution in [0, 0.1) is 41.5 Å². The Labute approximate surface area is 869 Å². The molecular weight excluding hydrogens is 1960 g/mol. The summed E-state index contributed by atoms with van der Waals surface area (Å²) in [6.07, 6.45) is 21.6. The topological polar surface area (TPSA) is 186 Å². The molecule has 1 unspecified atom stereocenters. The minimum absolute atomic E-state index is 0.252.